The van der Waals surface area contributed by atoms with Crippen molar-refractivity contribution in [2.45, 2.75) is 26.2 Å². The lowest BCUT2D eigenvalue weighted by atomic mass is 9.83. The number of aliphatic imine (C=N–C) groups is 1. The van der Waals surface area contributed by atoms with Crippen molar-refractivity contribution >= 4 is 23.1 Å². The molecule has 2 rings (SSSR count). The number of rotatable bonds is 0. The second-order valence-corrected chi connectivity index (χ2v) is 4.28. The Hall–Kier alpha value is -0.890. The first-order chi connectivity index (χ1) is 6.01. The summed E-state index contributed by atoms with van der Waals surface area (Å²) in [6, 6.07) is 1.95. The maximum Gasteiger partial charge on any atom is 0.155 e. The Morgan fingerprint density at radius 3 is 2.77 bits per heavy atom. The molecule has 0 amide bonds. The molecule has 0 saturated carbocycles. The van der Waals surface area contributed by atoms with Crippen LogP contribution in [0.3, 0.4) is 0 Å². The number of hydrogen-bond acceptors (Lipinski definition) is 2. The van der Waals surface area contributed by atoms with Crippen LogP contribution in [-0.2, 0) is 5.41 Å². The zero-order valence-electron chi connectivity index (χ0n) is 7.93. The number of hydrogen-bond donors (Lipinski definition) is 0. The lowest BCUT2D eigenvalue weighted by Gasteiger charge is -2.19. The van der Waals surface area contributed by atoms with Gasteiger partial charge < -0.3 is 0 Å². The average molecular weight is 195 g/mol. The molecule has 1 aromatic rings. The van der Waals surface area contributed by atoms with Crippen LogP contribution in [0, 0.1) is 0 Å². The maximum atomic E-state index is 5.88. The van der Waals surface area contributed by atoms with Gasteiger partial charge in [0.05, 0.1) is 5.02 Å². The highest BCUT2D eigenvalue weighted by molar-refractivity contribution is 6.30. The van der Waals surface area contributed by atoms with E-state index in [2.05, 4.69) is 23.8 Å². The molecule has 2 nitrogen and oxygen atoms in total. The Balaban J connectivity index is 2.65. The molecular formula is C10H11ClN2. The van der Waals surface area contributed by atoms with Gasteiger partial charge in [0.1, 0.15) is 0 Å². The van der Waals surface area contributed by atoms with Gasteiger partial charge in [-0.1, -0.05) is 25.4 Å². The summed E-state index contributed by atoms with van der Waals surface area (Å²) in [7, 11) is 0. The lowest BCUT2D eigenvalue weighted by Crippen LogP contribution is -2.22. The fourth-order valence-electron chi connectivity index (χ4n) is 1.47. The molecule has 1 aliphatic heterocycles. The molecule has 1 aromatic heterocycles. The van der Waals surface area contributed by atoms with Crippen LogP contribution in [0.15, 0.2) is 17.3 Å². The third kappa shape index (κ3) is 1.17. The molecule has 0 fully saturated rings. The Labute approximate surface area is 82.7 Å². The van der Waals surface area contributed by atoms with Crippen LogP contribution < -0.4 is 0 Å². The van der Waals surface area contributed by atoms with E-state index >= 15 is 0 Å². The number of nitrogens with zero attached hydrogens (tertiary/aromatic N) is 2. The van der Waals surface area contributed by atoms with Crippen LogP contribution in [0.1, 0.15) is 26.3 Å². The first-order valence-corrected chi connectivity index (χ1v) is 4.61. The second-order valence-electron chi connectivity index (χ2n) is 3.85. The maximum absolute atomic E-state index is 5.88. The molecule has 0 unspecified atom stereocenters. The predicted octanol–water partition coefficient (Wildman–Crippen LogP) is 3.12. The van der Waals surface area contributed by atoms with Crippen LogP contribution in [0.5, 0.6) is 0 Å². The summed E-state index contributed by atoms with van der Waals surface area (Å²) in [5.41, 5.74) is 2.20. The molecule has 0 radical (unpaired) electrons. The first kappa shape index (κ1) is 8.70. The van der Waals surface area contributed by atoms with Crippen molar-refractivity contribution in [2.24, 2.45) is 4.99 Å². The Bertz CT molecular complexity index is 394. The third-order valence-electron chi connectivity index (χ3n) is 2.68. The van der Waals surface area contributed by atoms with Crippen LogP contribution in [0.25, 0.3) is 0 Å². The van der Waals surface area contributed by atoms with E-state index in [1.54, 1.807) is 6.20 Å². The Kier molecular flexibility index (Phi) is 1.70. The quantitative estimate of drug-likeness (QED) is 0.623. The molecule has 1 aliphatic rings. The Morgan fingerprint density at radius 2 is 2.08 bits per heavy atom. The van der Waals surface area contributed by atoms with Gasteiger partial charge in [-0.05, 0) is 13.0 Å². The van der Waals surface area contributed by atoms with Gasteiger partial charge in [0.25, 0.3) is 0 Å². The number of pyridine rings is 1. The van der Waals surface area contributed by atoms with Gasteiger partial charge in [-0.15, -0.1) is 0 Å². The zero-order chi connectivity index (χ0) is 9.64. The smallest absolute Gasteiger partial charge is 0.155 e. The molecule has 0 bridgehead atoms. The van der Waals surface area contributed by atoms with Crippen LogP contribution in [0.4, 0.5) is 5.82 Å². The van der Waals surface area contributed by atoms with E-state index in [0.717, 1.165) is 17.1 Å². The lowest BCUT2D eigenvalue weighted by molar-refractivity contribution is 0.731. The molecule has 0 saturated heterocycles. The fourth-order valence-corrected chi connectivity index (χ4v) is 1.63. The highest BCUT2D eigenvalue weighted by Gasteiger charge is 2.32. The zero-order valence-corrected chi connectivity index (χ0v) is 8.68. The minimum Gasteiger partial charge on any atom is -0.237 e. The summed E-state index contributed by atoms with van der Waals surface area (Å²) in [4.78, 5) is 8.58. The van der Waals surface area contributed by atoms with Gasteiger partial charge in [-0.25, -0.2) is 9.98 Å². The molecule has 2 heterocycles. The van der Waals surface area contributed by atoms with Crippen molar-refractivity contribution in [3.8, 4) is 0 Å². The minimum absolute atomic E-state index is 0.0206. The summed E-state index contributed by atoms with van der Waals surface area (Å²) >= 11 is 5.88. The minimum atomic E-state index is -0.0206. The summed E-state index contributed by atoms with van der Waals surface area (Å²) in [5.74, 6) is 0.812. The highest BCUT2D eigenvalue weighted by atomic mass is 35.5. The van der Waals surface area contributed by atoms with Crippen LogP contribution >= 0.6 is 11.6 Å². The summed E-state index contributed by atoms with van der Waals surface area (Å²) in [6.07, 6.45) is 1.64. The summed E-state index contributed by atoms with van der Waals surface area (Å²) in [5, 5.41) is 0.678. The molecular weight excluding hydrogens is 184 g/mol. The van der Waals surface area contributed by atoms with Gasteiger partial charge in [-0.2, -0.15) is 0 Å². The van der Waals surface area contributed by atoms with Crippen molar-refractivity contribution < 1.29 is 0 Å². The van der Waals surface area contributed by atoms with Crippen molar-refractivity contribution in [3.05, 3.63) is 22.8 Å². The van der Waals surface area contributed by atoms with E-state index in [1.165, 1.54) is 0 Å². The fraction of sp³-hybridized carbons (Fsp3) is 0.400. The van der Waals surface area contributed by atoms with Gasteiger partial charge in [0, 0.05) is 22.9 Å². The number of halogens is 1. The molecule has 0 spiro atoms. The highest BCUT2D eigenvalue weighted by Crippen LogP contribution is 2.39. The third-order valence-corrected chi connectivity index (χ3v) is 2.89. The van der Waals surface area contributed by atoms with Gasteiger partial charge in [0.15, 0.2) is 5.82 Å². The van der Waals surface area contributed by atoms with Crippen molar-refractivity contribution in [1.29, 1.82) is 0 Å². The molecule has 0 atom stereocenters. The van der Waals surface area contributed by atoms with Gasteiger partial charge in [-0.3, -0.25) is 0 Å². The predicted molar refractivity (Wildman–Crippen MR) is 55.0 cm³/mol. The van der Waals surface area contributed by atoms with Gasteiger partial charge >= 0.3 is 0 Å². The second kappa shape index (κ2) is 2.55. The van der Waals surface area contributed by atoms with E-state index in [0.29, 0.717) is 5.02 Å². The summed E-state index contributed by atoms with van der Waals surface area (Å²) in [6.45, 7) is 6.29. The summed E-state index contributed by atoms with van der Waals surface area (Å²) < 4.78 is 0. The van der Waals surface area contributed by atoms with E-state index in [4.69, 9.17) is 11.6 Å². The van der Waals surface area contributed by atoms with E-state index < -0.39 is 0 Å². The van der Waals surface area contributed by atoms with Crippen LogP contribution in [0.2, 0.25) is 5.02 Å². The average Bonchev–Trinajstić information content (AvgIpc) is 2.27. The largest absolute Gasteiger partial charge is 0.237 e. The molecule has 13 heavy (non-hydrogen) atoms. The molecule has 3 heteroatoms. The number of aromatic nitrogens is 1. The molecule has 68 valence electrons. The van der Waals surface area contributed by atoms with Gasteiger partial charge in [0.2, 0.25) is 0 Å². The van der Waals surface area contributed by atoms with E-state index in [9.17, 15) is 0 Å². The standard InChI is InChI=1S/C10H11ClN2/c1-6-10(2,3)8-4-7(11)5-12-9(8)13-6/h4-5H,1-3H3. The van der Waals surface area contributed by atoms with E-state index in [1.807, 2.05) is 13.0 Å². The van der Waals surface area contributed by atoms with Crippen molar-refractivity contribution in [1.82, 2.24) is 4.98 Å². The monoisotopic (exact) mass is 194 g/mol. The molecule has 0 aromatic carbocycles. The number of fused-ring (bicyclic) bond motifs is 1. The van der Waals surface area contributed by atoms with Crippen molar-refractivity contribution in [3.63, 3.8) is 0 Å². The van der Waals surface area contributed by atoms with Crippen LogP contribution in [-0.4, -0.2) is 10.7 Å². The van der Waals surface area contributed by atoms with Crippen molar-refractivity contribution in [2.75, 3.05) is 0 Å². The normalized spacial score (nSPS) is 18.3. The SMILES string of the molecule is CC1=Nc2ncc(Cl)cc2C1(C)C. The molecule has 0 aliphatic carbocycles. The van der Waals surface area contributed by atoms with E-state index in [-0.39, 0.29) is 5.41 Å². The Morgan fingerprint density at radius 1 is 1.38 bits per heavy atom. The first-order valence-electron chi connectivity index (χ1n) is 4.23. The topological polar surface area (TPSA) is 25.2 Å². The molecule has 0 N–H and O–H groups in total.